The zero-order chi connectivity index (χ0) is 10.6. The molecule has 0 aliphatic carbocycles. The van der Waals surface area contributed by atoms with E-state index >= 15 is 0 Å². The van der Waals surface area contributed by atoms with E-state index in [2.05, 4.69) is 16.8 Å². The van der Waals surface area contributed by atoms with E-state index in [1.165, 1.54) is 12.8 Å². The topological polar surface area (TPSA) is 24.5 Å². The zero-order valence-electron chi connectivity index (χ0n) is 9.59. The maximum Gasteiger partial charge on any atom is 0.0589 e. The number of rotatable bonds is 10. The highest BCUT2D eigenvalue weighted by Gasteiger charge is 2.01. The third-order valence-corrected chi connectivity index (χ3v) is 2.15. The molecule has 0 saturated carbocycles. The van der Waals surface area contributed by atoms with Crippen LogP contribution in [0.15, 0.2) is 12.7 Å². The molecule has 0 saturated heterocycles. The fourth-order valence-corrected chi connectivity index (χ4v) is 1.33. The maximum absolute atomic E-state index is 5.06. The summed E-state index contributed by atoms with van der Waals surface area (Å²) < 4.78 is 5.06. The second-order valence-electron chi connectivity index (χ2n) is 3.39. The van der Waals surface area contributed by atoms with Gasteiger partial charge in [-0.15, -0.1) is 6.58 Å². The Bertz CT molecular complexity index is 128. The Labute approximate surface area is 88.1 Å². The van der Waals surface area contributed by atoms with Crippen LogP contribution in [0, 0.1) is 0 Å². The van der Waals surface area contributed by atoms with Gasteiger partial charge in [0.2, 0.25) is 0 Å². The molecule has 3 heteroatoms. The lowest BCUT2D eigenvalue weighted by Gasteiger charge is -2.19. The van der Waals surface area contributed by atoms with Crippen LogP contribution in [0.3, 0.4) is 0 Å². The Morgan fingerprint density at radius 1 is 1.36 bits per heavy atom. The van der Waals surface area contributed by atoms with E-state index < -0.39 is 0 Å². The predicted molar refractivity (Wildman–Crippen MR) is 61.7 cm³/mol. The number of hydrogen-bond acceptors (Lipinski definition) is 3. The van der Waals surface area contributed by atoms with E-state index in [0.29, 0.717) is 0 Å². The molecule has 14 heavy (non-hydrogen) atoms. The van der Waals surface area contributed by atoms with Crippen molar-refractivity contribution in [2.75, 3.05) is 46.9 Å². The van der Waals surface area contributed by atoms with Gasteiger partial charge in [-0.25, -0.2) is 0 Å². The lowest BCUT2D eigenvalue weighted by molar-refractivity contribution is 0.153. The van der Waals surface area contributed by atoms with Crippen LogP contribution in [0.1, 0.15) is 12.8 Å². The van der Waals surface area contributed by atoms with Gasteiger partial charge in [0.15, 0.2) is 0 Å². The molecule has 0 bridgehead atoms. The molecule has 0 atom stereocenters. The first-order chi connectivity index (χ1) is 6.85. The Kier molecular flexibility index (Phi) is 10.4. The minimum absolute atomic E-state index is 0.805. The summed E-state index contributed by atoms with van der Waals surface area (Å²) in [5.41, 5.74) is 0. The number of hydrogen-bond donors (Lipinski definition) is 1. The second kappa shape index (κ2) is 10.7. The summed E-state index contributed by atoms with van der Waals surface area (Å²) in [5.74, 6) is 0. The van der Waals surface area contributed by atoms with Crippen LogP contribution in [0.4, 0.5) is 0 Å². The summed E-state index contributed by atoms with van der Waals surface area (Å²) in [7, 11) is 3.74. The van der Waals surface area contributed by atoms with Crippen molar-refractivity contribution in [2.24, 2.45) is 0 Å². The Hall–Kier alpha value is -0.380. The highest BCUT2D eigenvalue weighted by atomic mass is 16.5. The zero-order valence-corrected chi connectivity index (χ0v) is 9.59. The molecule has 0 aromatic carbocycles. The molecule has 3 nitrogen and oxygen atoms in total. The van der Waals surface area contributed by atoms with Crippen molar-refractivity contribution in [2.45, 2.75) is 12.8 Å². The quantitative estimate of drug-likeness (QED) is 0.422. The Morgan fingerprint density at radius 3 is 2.71 bits per heavy atom. The summed E-state index contributed by atoms with van der Waals surface area (Å²) in [6, 6.07) is 0. The van der Waals surface area contributed by atoms with Crippen LogP contribution in [-0.2, 0) is 4.74 Å². The smallest absolute Gasteiger partial charge is 0.0589 e. The minimum atomic E-state index is 0.805. The van der Waals surface area contributed by atoms with Crippen molar-refractivity contribution in [3.05, 3.63) is 12.7 Å². The molecular weight excluding hydrogens is 176 g/mol. The summed E-state index contributed by atoms with van der Waals surface area (Å²) in [4.78, 5) is 2.37. The molecule has 1 N–H and O–H groups in total. The van der Waals surface area contributed by atoms with Crippen molar-refractivity contribution in [3.63, 3.8) is 0 Å². The third kappa shape index (κ3) is 8.23. The van der Waals surface area contributed by atoms with Crippen LogP contribution < -0.4 is 5.32 Å². The van der Waals surface area contributed by atoms with E-state index in [1.54, 1.807) is 7.11 Å². The van der Waals surface area contributed by atoms with Crippen molar-refractivity contribution in [1.29, 1.82) is 0 Å². The summed E-state index contributed by atoms with van der Waals surface area (Å²) in [6.07, 6.45) is 4.42. The van der Waals surface area contributed by atoms with Crippen LogP contribution in [-0.4, -0.2) is 51.8 Å². The Balaban J connectivity index is 3.45. The molecule has 84 valence electrons. The monoisotopic (exact) mass is 200 g/mol. The molecule has 0 spiro atoms. The summed E-state index contributed by atoms with van der Waals surface area (Å²) >= 11 is 0. The Morgan fingerprint density at radius 2 is 2.14 bits per heavy atom. The van der Waals surface area contributed by atoms with Gasteiger partial charge in [0.05, 0.1) is 6.61 Å². The molecule has 0 rings (SSSR count). The molecule has 0 aromatic heterocycles. The van der Waals surface area contributed by atoms with Crippen LogP contribution in [0.2, 0.25) is 0 Å². The first kappa shape index (κ1) is 13.6. The van der Waals surface area contributed by atoms with E-state index in [-0.39, 0.29) is 0 Å². The van der Waals surface area contributed by atoms with E-state index in [0.717, 1.165) is 32.8 Å². The molecule has 0 aliphatic heterocycles. The number of nitrogens with zero attached hydrogens (tertiary/aromatic N) is 1. The third-order valence-electron chi connectivity index (χ3n) is 2.15. The first-order valence-corrected chi connectivity index (χ1v) is 5.32. The van der Waals surface area contributed by atoms with Crippen molar-refractivity contribution >= 4 is 0 Å². The largest absolute Gasteiger partial charge is 0.383 e. The van der Waals surface area contributed by atoms with E-state index in [4.69, 9.17) is 4.74 Å². The van der Waals surface area contributed by atoms with Gasteiger partial charge in [0, 0.05) is 20.2 Å². The standard InChI is InChI=1S/C11H24N2O/c1-4-8-13(10-11-14-3)9-6-5-7-12-2/h4,12H,1,5-11H2,2-3H3. The van der Waals surface area contributed by atoms with Crippen molar-refractivity contribution in [1.82, 2.24) is 10.2 Å². The number of methoxy groups -OCH3 is 1. The van der Waals surface area contributed by atoms with Crippen LogP contribution in [0.25, 0.3) is 0 Å². The van der Waals surface area contributed by atoms with Gasteiger partial charge < -0.3 is 10.1 Å². The van der Waals surface area contributed by atoms with E-state index in [9.17, 15) is 0 Å². The minimum Gasteiger partial charge on any atom is -0.383 e. The molecule has 0 fully saturated rings. The first-order valence-electron chi connectivity index (χ1n) is 5.32. The van der Waals surface area contributed by atoms with Gasteiger partial charge in [-0.1, -0.05) is 6.08 Å². The molecular formula is C11H24N2O. The molecule has 0 heterocycles. The molecule has 0 aromatic rings. The highest BCUT2D eigenvalue weighted by molar-refractivity contribution is 4.73. The second-order valence-corrected chi connectivity index (χ2v) is 3.39. The van der Waals surface area contributed by atoms with Gasteiger partial charge in [-0.05, 0) is 33.0 Å². The number of nitrogens with one attached hydrogen (secondary N) is 1. The van der Waals surface area contributed by atoms with Gasteiger partial charge >= 0.3 is 0 Å². The van der Waals surface area contributed by atoms with Crippen LogP contribution >= 0.6 is 0 Å². The number of unbranched alkanes of at least 4 members (excludes halogenated alkanes) is 1. The molecule has 0 aliphatic rings. The summed E-state index contributed by atoms with van der Waals surface area (Å²) in [5, 5.41) is 3.15. The maximum atomic E-state index is 5.06. The fraction of sp³-hybridized carbons (Fsp3) is 0.818. The van der Waals surface area contributed by atoms with Gasteiger partial charge in [0.1, 0.15) is 0 Å². The highest BCUT2D eigenvalue weighted by Crippen LogP contribution is 1.95. The van der Waals surface area contributed by atoms with E-state index in [1.807, 2.05) is 13.1 Å². The average molecular weight is 200 g/mol. The fourth-order valence-electron chi connectivity index (χ4n) is 1.33. The summed E-state index contributed by atoms with van der Waals surface area (Å²) in [6.45, 7) is 8.77. The van der Waals surface area contributed by atoms with Crippen LogP contribution in [0.5, 0.6) is 0 Å². The molecule has 0 amide bonds. The predicted octanol–water partition coefficient (Wildman–Crippen LogP) is 1.12. The number of ether oxygens (including phenoxy) is 1. The lowest BCUT2D eigenvalue weighted by atomic mass is 10.3. The van der Waals surface area contributed by atoms with Crippen molar-refractivity contribution in [3.8, 4) is 0 Å². The SMILES string of the molecule is C=CCN(CCCCNC)CCOC. The van der Waals surface area contributed by atoms with Gasteiger partial charge in [0.25, 0.3) is 0 Å². The molecule has 0 radical (unpaired) electrons. The van der Waals surface area contributed by atoms with Crippen molar-refractivity contribution < 1.29 is 4.74 Å². The average Bonchev–Trinajstić information content (AvgIpc) is 2.20. The lowest BCUT2D eigenvalue weighted by Crippen LogP contribution is -2.29. The molecule has 0 unspecified atom stereocenters. The van der Waals surface area contributed by atoms with Gasteiger partial charge in [-0.2, -0.15) is 0 Å². The normalized spacial score (nSPS) is 10.8. The van der Waals surface area contributed by atoms with Gasteiger partial charge in [-0.3, -0.25) is 4.90 Å².